The van der Waals surface area contributed by atoms with Crippen LogP contribution in [0, 0.1) is 0 Å². The summed E-state index contributed by atoms with van der Waals surface area (Å²) in [6.45, 7) is 0.630. The van der Waals surface area contributed by atoms with Crippen LogP contribution in [0.1, 0.15) is 5.82 Å². The maximum Gasteiger partial charge on any atom is 0.242 e. The van der Waals surface area contributed by atoms with Crippen LogP contribution in [-0.2, 0) is 11.2 Å². The molecule has 0 aliphatic carbocycles. The number of aromatic amines is 1. The first-order valence-electron chi connectivity index (χ1n) is 2.88. The van der Waals surface area contributed by atoms with Gasteiger partial charge in [-0.25, -0.2) is 4.98 Å². The van der Waals surface area contributed by atoms with E-state index in [-0.39, 0.29) is 5.28 Å². The lowest BCUT2D eigenvalue weighted by Crippen LogP contribution is -1.95. The third kappa shape index (κ3) is 1.97. The second-order valence-electron chi connectivity index (χ2n) is 1.79. The number of nitrogens with zero attached hydrogens (tertiary/aromatic N) is 2. The summed E-state index contributed by atoms with van der Waals surface area (Å²) in [7, 11) is 1.64. The molecule has 0 saturated carbocycles. The number of ether oxygens (including phenoxy) is 1. The highest BCUT2D eigenvalue weighted by Gasteiger charge is 1.97. The number of hydrogen-bond acceptors (Lipinski definition) is 3. The van der Waals surface area contributed by atoms with Crippen LogP contribution in [0.25, 0.3) is 0 Å². The van der Waals surface area contributed by atoms with Crippen LogP contribution in [0.4, 0.5) is 0 Å². The van der Waals surface area contributed by atoms with Gasteiger partial charge in [0.15, 0.2) is 0 Å². The molecule has 5 heteroatoms. The van der Waals surface area contributed by atoms with E-state index in [0.29, 0.717) is 6.61 Å². The largest absolute Gasteiger partial charge is 0.384 e. The molecule has 1 N–H and O–H groups in total. The third-order valence-electron chi connectivity index (χ3n) is 1.05. The molecule has 1 aromatic rings. The Hall–Kier alpha value is -0.610. The lowest BCUT2D eigenvalue weighted by molar-refractivity contribution is 0.200. The van der Waals surface area contributed by atoms with E-state index in [0.717, 1.165) is 12.2 Å². The maximum atomic E-state index is 5.45. The topological polar surface area (TPSA) is 50.8 Å². The molecule has 0 aromatic carbocycles. The van der Waals surface area contributed by atoms with Crippen molar-refractivity contribution in [2.75, 3.05) is 13.7 Å². The van der Waals surface area contributed by atoms with Gasteiger partial charge in [0, 0.05) is 13.5 Å². The second kappa shape index (κ2) is 3.53. The first-order valence-corrected chi connectivity index (χ1v) is 3.26. The number of H-pyrrole nitrogens is 1. The SMILES string of the molecule is COCCc1nc(Cl)n[nH]1. The van der Waals surface area contributed by atoms with E-state index >= 15 is 0 Å². The molecule has 0 unspecified atom stereocenters. The molecule has 0 amide bonds. The Bertz CT molecular complexity index is 201. The average molecular weight is 162 g/mol. The number of methoxy groups -OCH3 is 1. The molecular weight excluding hydrogens is 154 g/mol. The van der Waals surface area contributed by atoms with E-state index < -0.39 is 0 Å². The van der Waals surface area contributed by atoms with Crippen molar-refractivity contribution in [2.45, 2.75) is 6.42 Å². The van der Waals surface area contributed by atoms with Crippen molar-refractivity contribution < 1.29 is 4.74 Å². The van der Waals surface area contributed by atoms with Gasteiger partial charge < -0.3 is 4.74 Å². The van der Waals surface area contributed by atoms with Crippen molar-refractivity contribution in [2.24, 2.45) is 0 Å². The van der Waals surface area contributed by atoms with Gasteiger partial charge in [-0.15, -0.1) is 5.10 Å². The molecule has 0 saturated heterocycles. The first kappa shape index (κ1) is 7.50. The molecule has 4 nitrogen and oxygen atoms in total. The molecule has 1 heterocycles. The molecule has 0 atom stereocenters. The zero-order chi connectivity index (χ0) is 7.40. The fourth-order valence-corrected chi connectivity index (χ4v) is 0.727. The molecule has 0 bridgehead atoms. The van der Waals surface area contributed by atoms with Crippen LogP contribution in [-0.4, -0.2) is 28.9 Å². The van der Waals surface area contributed by atoms with Crippen molar-refractivity contribution in [1.29, 1.82) is 0 Å². The highest BCUT2D eigenvalue weighted by atomic mass is 35.5. The molecule has 1 aromatic heterocycles. The lowest BCUT2D eigenvalue weighted by atomic mass is 10.4. The maximum absolute atomic E-state index is 5.45. The lowest BCUT2D eigenvalue weighted by Gasteiger charge is -1.91. The molecule has 0 spiro atoms. The molecular formula is C5H8ClN3O. The fourth-order valence-electron chi connectivity index (χ4n) is 0.583. The van der Waals surface area contributed by atoms with E-state index in [1.165, 1.54) is 0 Å². The van der Waals surface area contributed by atoms with Crippen LogP contribution in [0.2, 0.25) is 5.28 Å². The average Bonchev–Trinajstić information content (AvgIpc) is 2.31. The summed E-state index contributed by atoms with van der Waals surface area (Å²) >= 11 is 5.45. The van der Waals surface area contributed by atoms with Gasteiger partial charge in [-0.3, -0.25) is 5.10 Å². The van der Waals surface area contributed by atoms with Gasteiger partial charge >= 0.3 is 0 Å². The van der Waals surface area contributed by atoms with Gasteiger partial charge in [0.2, 0.25) is 5.28 Å². The Morgan fingerprint density at radius 2 is 2.50 bits per heavy atom. The summed E-state index contributed by atoms with van der Waals surface area (Å²) in [6, 6.07) is 0. The van der Waals surface area contributed by atoms with Crippen LogP contribution in [0.15, 0.2) is 0 Å². The number of rotatable bonds is 3. The molecule has 0 aliphatic rings. The summed E-state index contributed by atoms with van der Waals surface area (Å²) in [4.78, 5) is 3.87. The monoisotopic (exact) mass is 161 g/mol. The quantitative estimate of drug-likeness (QED) is 0.708. The number of halogens is 1. The second-order valence-corrected chi connectivity index (χ2v) is 2.13. The Morgan fingerprint density at radius 3 is 3.00 bits per heavy atom. The Balaban J connectivity index is 2.42. The summed E-state index contributed by atoms with van der Waals surface area (Å²) in [5, 5.41) is 6.57. The molecule has 0 aliphatic heterocycles. The standard InChI is InChI=1S/C5H8ClN3O/c1-10-3-2-4-7-5(6)9-8-4/h2-3H2,1H3,(H,7,8,9). The molecule has 56 valence electrons. The smallest absolute Gasteiger partial charge is 0.242 e. The van der Waals surface area contributed by atoms with Gasteiger partial charge in [-0.2, -0.15) is 0 Å². The Labute approximate surface area is 63.6 Å². The zero-order valence-electron chi connectivity index (χ0n) is 5.59. The van der Waals surface area contributed by atoms with Crippen LogP contribution in [0.3, 0.4) is 0 Å². The predicted molar refractivity (Wildman–Crippen MR) is 37.0 cm³/mol. The van der Waals surface area contributed by atoms with E-state index in [4.69, 9.17) is 16.3 Å². The highest BCUT2D eigenvalue weighted by molar-refractivity contribution is 6.28. The summed E-state index contributed by atoms with van der Waals surface area (Å²) in [5.41, 5.74) is 0. The van der Waals surface area contributed by atoms with Crippen LogP contribution >= 0.6 is 11.6 Å². The minimum absolute atomic E-state index is 0.256. The minimum Gasteiger partial charge on any atom is -0.384 e. The predicted octanol–water partition coefficient (Wildman–Crippen LogP) is 0.647. The molecule has 0 radical (unpaired) electrons. The van der Waals surface area contributed by atoms with Crippen molar-refractivity contribution in [3.05, 3.63) is 11.1 Å². The number of hydrogen-bond donors (Lipinski definition) is 1. The molecule has 1 rings (SSSR count). The minimum atomic E-state index is 0.256. The summed E-state index contributed by atoms with van der Waals surface area (Å²) in [6.07, 6.45) is 0.718. The van der Waals surface area contributed by atoms with E-state index in [2.05, 4.69) is 15.2 Å². The van der Waals surface area contributed by atoms with Crippen molar-refractivity contribution in [1.82, 2.24) is 15.2 Å². The van der Waals surface area contributed by atoms with E-state index in [1.807, 2.05) is 0 Å². The van der Waals surface area contributed by atoms with Crippen LogP contribution < -0.4 is 0 Å². The number of nitrogens with one attached hydrogen (secondary N) is 1. The summed E-state index contributed by atoms with van der Waals surface area (Å²) in [5.74, 6) is 0.756. The normalized spacial score (nSPS) is 10.2. The Morgan fingerprint density at radius 1 is 1.70 bits per heavy atom. The summed E-state index contributed by atoms with van der Waals surface area (Å²) < 4.78 is 4.82. The van der Waals surface area contributed by atoms with Gasteiger partial charge in [0.25, 0.3) is 0 Å². The van der Waals surface area contributed by atoms with Crippen molar-refractivity contribution >= 4 is 11.6 Å². The first-order chi connectivity index (χ1) is 4.83. The highest BCUT2D eigenvalue weighted by Crippen LogP contribution is 1.98. The van der Waals surface area contributed by atoms with E-state index in [9.17, 15) is 0 Å². The van der Waals surface area contributed by atoms with Gasteiger partial charge in [0.05, 0.1) is 6.61 Å². The van der Waals surface area contributed by atoms with Gasteiger partial charge in [-0.05, 0) is 11.6 Å². The molecule has 10 heavy (non-hydrogen) atoms. The van der Waals surface area contributed by atoms with E-state index in [1.54, 1.807) is 7.11 Å². The fraction of sp³-hybridized carbons (Fsp3) is 0.600. The van der Waals surface area contributed by atoms with Gasteiger partial charge in [0.1, 0.15) is 5.82 Å². The van der Waals surface area contributed by atoms with Crippen molar-refractivity contribution in [3.8, 4) is 0 Å². The molecule has 0 fully saturated rings. The number of aromatic nitrogens is 3. The van der Waals surface area contributed by atoms with Crippen LogP contribution in [0.5, 0.6) is 0 Å². The van der Waals surface area contributed by atoms with Gasteiger partial charge in [-0.1, -0.05) is 0 Å². The van der Waals surface area contributed by atoms with Crippen molar-refractivity contribution in [3.63, 3.8) is 0 Å². The zero-order valence-corrected chi connectivity index (χ0v) is 6.35. The third-order valence-corrected chi connectivity index (χ3v) is 1.22. The Kier molecular flexibility index (Phi) is 2.65.